The molecule has 0 unspecified atom stereocenters. The summed E-state index contributed by atoms with van der Waals surface area (Å²) in [6.07, 6.45) is 5.46. The highest BCUT2D eigenvalue weighted by molar-refractivity contribution is 6.52. The Morgan fingerprint density at radius 1 is 1.15 bits per heavy atom. The molecule has 1 saturated heterocycles. The molecule has 2 aromatic rings. The molecule has 6 heteroatoms. The molecule has 1 aliphatic heterocycles. The molecular weight excluding hydrogens is 253 g/mol. The first-order valence-electron chi connectivity index (χ1n) is 6.70. The minimum absolute atomic E-state index is 0.316. The molecule has 0 aromatic carbocycles. The monoisotopic (exact) mass is 271 g/mol. The van der Waals surface area contributed by atoms with E-state index in [1.54, 1.807) is 12.4 Å². The highest BCUT2D eigenvalue weighted by atomic mass is 16.7. The van der Waals surface area contributed by atoms with Gasteiger partial charge in [0.05, 0.1) is 34.8 Å². The van der Waals surface area contributed by atoms with Crippen LogP contribution in [0.4, 0.5) is 0 Å². The zero-order valence-corrected chi connectivity index (χ0v) is 12.2. The van der Waals surface area contributed by atoms with Gasteiger partial charge in [-0.3, -0.25) is 10.1 Å². The number of rotatable bonds is 2. The van der Waals surface area contributed by atoms with Gasteiger partial charge in [0.25, 0.3) is 0 Å². The van der Waals surface area contributed by atoms with Gasteiger partial charge in [0.1, 0.15) is 0 Å². The van der Waals surface area contributed by atoms with Crippen LogP contribution in [-0.2, 0) is 9.31 Å². The quantitative estimate of drug-likeness (QED) is 0.853. The molecule has 0 amide bonds. The molecule has 0 bridgehead atoms. The van der Waals surface area contributed by atoms with Gasteiger partial charge in [0.2, 0.25) is 0 Å². The minimum atomic E-state index is -0.346. The van der Waals surface area contributed by atoms with Gasteiger partial charge in [-0.05, 0) is 39.8 Å². The normalized spacial score (nSPS) is 21.1. The van der Waals surface area contributed by atoms with Crippen LogP contribution < -0.4 is 0 Å². The van der Waals surface area contributed by atoms with Crippen molar-refractivity contribution in [2.45, 2.75) is 38.9 Å². The molecule has 0 spiro atoms. The largest absolute Gasteiger partial charge is 0.487 e. The first-order chi connectivity index (χ1) is 9.37. The van der Waals surface area contributed by atoms with E-state index in [0.717, 1.165) is 16.6 Å². The molecule has 20 heavy (non-hydrogen) atoms. The Kier molecular flexibility index (Phi) is 2.95. The number of H-pyrrole nitrogens is 1. The Morgan fingerprint density at radius 3 is 2.55 bits per heavy atom. The van der Waals surface area contributed by atoms with Gasteiger partial charge in [-0.2, -0.15) is 5.10 Å². The van der Waals surface area contributed by atoms with Crippen LogP contribution in [-0.4, -0.2) is 33.5 Å². The van der Waals surface area contributed by atoms with Crippen LogP contribution in [0.2, 0.25) is 0 Å². The lowest BCUT2D eigenvalue weighted by atomic mass is 9.89. The maximum absolute atomic E-state index is 5.90. The van der Waals surface area contributed by atoms with Gasteiger partial charge in [-0.1, -0.05) is 5.98 Å². The summed E-state index contributed by atoms with van der Waals surface area (Å²) in [5.74, 6) is 1.89. The fourth-order valence-corrected chi connectivity index (χ4v) is 2.10. The Balaban J connectivity index is 1.78. The number of nitrogens with one attached hydrogen (secondary N) is 1. The van der Waals surface area contributed by atoms with E-state index < -0.39 is 0 Å². The van der Waals surface area contributed by atoms with E-state index in [4.69, 9.17) is 9.31 Å². The summed E-state index contributed by atoms with van der Waals surface area (Å²) in [6, 6.07) is 1.97. The van der Waals surface area contributed by atoms with Gasteiger partial charge in [0.15, 0.2) is 0 Å². The topological polar surface area (TPSA) is 60.0 Å². The second-order valence-corrected chi connectivity index (χ2v) is 6.05. The molecular formula is C14H18BN3O2. The van der Waals surface area contributed by atoms with Gasteiger partial charge >= 0.3 is 7.12 Å². The maximum Gasteiger partial charge on any atom is 0.487 e. The highest BCUT2D eigenvalue weighted by Crippen LogP contribution is 2.36. The van der Waals surface area contributed by atoms with Crippen molar-refractivity contribution < 1.29 is 9.31 Å². The molecule has 0 saturated carbocycles. The molecule has 5 nitrogen and oxygen atoms in total. The summed E-state index contributed by atoms with van der Waals surface area (Å²) < 4.78 is 11.8. The molecule has 1 N–H and O–H groups in total. The van der Waals surface area contributed by atoms with Crippen molar-refractivity contribution in [2.24, 2.45) is 0 Å². The van der Waals surface area contributed by atoms with Crippen molar-refractivity contribution in [3.63, 3.8) is 0 Å². The third-order valence-corrected chi connectivity index (χ3v) is 4.04. The number of aromatic amines is 1. The smallest absolute Gasteiger partial charge is 0.400 e. The molecule has 104 valence electrons. The van der Waals surface area contributed by atoms with Crippen LogP contribution in [0.15, 0.2) is 24.4 Å². The average molecular weight is 271 g/mol. The molecule has 0 radical (unpaired) electrons. The lowest BCUT2D eigenvalue weighted by Gasteiger charge is -2.32. The summed E-state index contributed by atoms with van der Waals surface area (Å²) >= 11 is 0. The van der Waals surface area contributed by atoms with Crippen LogP contribution in [0.3, 0.4) is 0 Å². The van der Waals surface area contributed by atoms with Crippen LogP contribution >= 0.6 is 0 Å². The zero-order chi connectivity index (χ0) is 14.4. The van der Waals surface area contributed by atoms with Gasteiger partial charge < -0.3 is 9.31 Å². The molecule has 1 aliphatic rings. The number of pyridine rings is 1. The SMILES string of the molecule is CC1(C)OB(/C=C/c2cc3cn[nH]c3cn2)OC1(C)C. The van der Waals surface area contributed by atoms with E-state index in [0.29, 0.717) is 0 Å². The highest BCUT2D eigenvalue weighted by Gasteiger charge is 2.49. The second-order valence-electron chi connectivity index (χ2n) is 6.05. The number of nitrogens with zero attached hydrogens (tertiary/aromatic N) is 2. The lowest BCUT2D eigenvalue weighted by molar-refractivity contribution is 0.00578. The Labute approximate surface area is 118 Å². The maximum atomic E-state index is 5.90. The van der Waals surface area contributed by atoms with Crippen LogP contribution in [0, 0.1) is 0 Å². The number of fused-ring (bicyclic) bond motifs is 1. The van der Waals surface area contributed by atoms with Crippen molar-refractivity contribution in [3.05, 3.63) is 30.1 Å². The first kappa shape index (κ1) is 13.3. The van der Waals surface area contributed by atoms with Gasteiger partial charge in [-0.15, -0.1) is 0 Å². The number of aromatic nitrogens is 3. The molecule has 2 aromatic heterocycles. The van der Waals surface area contributed by atoms with Crippen LogP contribution in [0.1, 0.15) is 33.4 Å². The van der Waals surface area contributed by atoms with Crippen molar-refractivity contribution >= 4 is 24.1 Å². The molecule has 0 atom stereocenters. The third-order valence-electron chi connectivity index (χ3n) is 4.04. The standard InChI is InChI=1S/C14H18BN3O2/c1-13(2)14(3,4)20-15(19-13)6-5-11-7-10-8-17-18-12(10)9-16-11/h5-9H,1-4H3,(H,17,18)/b6-5+. The van der Waals surface area contributed by atoms with Crippen molar-refractivity contribution in [1.82, 2.24) is 15.2 Å². The van der Waals surface area contributed by atoms with Gasteiger partial charge in [0, 0.05) is 5.39 Å². The van der Waals surface area contributed by atoms with Crippen LogP contribution in [0.5, 0.6) is 0 Å². The summed E-state index contributed by atoms with van der Waals surface area (Å²) in [4.78, 5) is 4.34. The third kappa shape index (κ3) is 2.25. The van der Waals surface area contributed by atoms with Crippen molar-refractivity contribution in [3.8, 4) is 0 Å². The molecule has 3 rings (SSSR count). The summed E-state index contributed by atoms with van der Waals surface area (Å²) in [5.41, 5.74) is 1.15. The predicted octanol–water partition coefficient (Wildman–Crippen LogP) is 2.60. The Bertz CT molecular complexity index is 647. The van der Waals surface area contributed by atoms with E-state index >= 15 is 0 Å². The first-order valence-corrected chi connectivity index (χ1v) is 6.70. The van der Waals surface area contributed by atoms with E-state index in [2.05, 4.69) is 15.2 Å². The minimum Gasteiger partial charge on any atom is -0.400 e. The Hall–Kier alpha value is -1.66. The van der Waals surface area contributed by atoms with E-state index in [9.17, 15) is 0 Å². The van der Waals surface area contributed by atoms with E-state index in [1.165, 1.54) is 0 Å². The summed E-state index contributed by atoms with van der Waals surface area (Å²) in [6.45, 7) is 8.15. The van der Waals surface area contributed by atoms with E-state index in [1.807, 2.05) is 45.8 Å². The molecule has 0 aliphatic carbocycles. The fraction of sp³-hybridized carbons (Fsp3) is 0.429. The zero-order valence-electron chi connectivity index (χ0n) is 12.2. The van der Waals surface area contributed by atoms with Gasteiger partial charge in [-0.25, -0.2) is 0 Å². The fourth-order valence-electron chi connectivity index (χ4n) is 2.10. The lowest BCUT2D eigenvalue weighted by Crippen LogP contribution is -2.41. The Morgan fingerprint density at radius 2 is 1.85 bits per heavy atom. The van der Waals surface area contributed by atoms with Crippen molar-refractivity contribution in [2.75, 3.05) is 0 Å². The number of hydrogen-bond donors (Lipinski definition) is 1. The summed E-state index contributed by atoms with van der Waals surface area (Å²) in [5, 5.41) is 7.89. The second kappa shape index (κ2) is 4.43. The predicted molar refractivity (Wildman–Crippen MR) is 79.0 cm³/mol. The van der Waals surface area contributed by atoms with E-state index in [-0.39, 0.29) is 18.3 Å². The molecule has 3 heterocycles. The molecule has 1 fully saturated rings. The van der Waals surface area contributed by atoms with Crippen LogP contribution in [0.25, 0.3) is 17.0 Å². The number of hydrogen-bond acceptors (Lipinski definition) is 4. The average Bonchev–Trinajstić information content (AvgIpc) is 2.89. The van der Waals surface area contributed by atoms with Crippen molar-refractivity contribution in [1.29, 1.82) is 0 Å². The summed E-state index contributed by atoms with van der Waals surface area (Å²) in [7, 11) is -0.346.